The second-order valence-corrected chi connectivity index (χ2v) is 3.70. The third-order valence-electron chi connectivity index (χ3n) is 2.05. The van der Waals surface area contributed by atoms with E-state index in [2.05, 4.69) is 4.98 Å². The Morgan fingerprint density at radius 1 is 1.56 bits per heavy atom. The Morgan fingerprint density at radius 3 is 2.72 bits per heavy atom. The van der Waals surface area contributed by atoms with Crippen molar-refractivity contribution in [3.63, 3.8) is 0 Å². The van der Waals surface area contributed by atoms with Gasteiger partial charge in [-0.25, -0.2) is 13.8 Å². The molecule has 0 aromatic carbocycles. The fraction of sp³-hybridized carbons (Fsp3) is 0.455. The normalized spacial score (nSPS) is 10.6. The molecular formula is C11H12ClF2NO3. The molecule has 1 heterocycles. The summed E-state index contributed by atoms with van der Waals surface area (Å²) in [4.78, 5) is 14.9. The first kappa shape index (κ1) is 14.6. The molecular weight excluding hydrogens is 268 g/mol. The van der Waals surface area contributed by atoms with Gasteiger partial charge in [0.05, 0.1) is 30.9 Å². The maximum Gasteiger partial charge on any atom is 0.311 e. The summed E-state index contributed by atoms with van der Waals surface area (Å²) < 4.78 is 34.9. The Balaban J connectivity index is 3.05. The van der Waals surface area contributed by atoms with Crippen molar-refractivity contribution in [2.24, 2.45) is 0 Å². The van der Waals surface area contributed by atoms with Crippen LogP contribution in [0.25, 0.3) is 0 Å². The van der Waals surface area contributed by atoms with Crippen LogP contribution in [0.3, 0.4) is 0 Å². The van der Waals surface area contributed by atoms with E-state index in [1.54, 1.807) is 6.92 Å². The highest BCUT2D eigenvalue weighted by Crippen LogP contribution is 2.34. The molecule has 4 nitrogen and oxygen atoms in total. The van der Waals surface area contributed by atoms with Crippen molar-refractivity contribution in [1.29, 1.82) is 0 Å². The van der Waals surface area contributed by atoms with Crippen molar-refractivity contribution in [3.05, 3.63) is 22.5 Å². The molecule has 100 valence electrons. The van der Waals surface area contributed by atoms with E-state index in [4.69, 9.17) is 21.1 Å². The number of aromatic nitrogens is 1. The Labute approximate surface area is 108 Å². The number of rotatable bonds is 5. The lowest BCUT2D eigenvalue weighted by molar-refractivity contribution is -0.142. The summed E-state index contributed by atoms with van der Waals surface area (Å²) in [6.07, 6.45) is -3.04. The van der Waals surface area contributed by atoms with E-state index in [0.29, 0.717) is 0 Å². The molecule has 0 atom stereocenters. The van der Waals surface area contributed by atoms with Crippen molar-refractivity contribution in [3.8, 4) is 5.75 Å². The third kappa shape index (κ3) is 3.53. The minimum atomic E-state index is -2.83. The number of carbonyl (C=O) groups is 1. The summed E-state index contributed by atoms with van der Waals surface area (Å²) in [7, 11) is 1.22. The zero-order chi connectivity index (χ0) is 13.7. The molecule has 0 saturated carbocycles. The molecule has 18 heavy (non-hydrogen) atoms. The van der Waals surface area contributed by atoms with E-state index >= 15 is 0 Å². The molecule has 0 fully saturated rings. The molecule has 0 aliphatic carbocycles. The number of alkyl halides is 2. The van der Waals surface area contributed by atoms with Gasteiger partial charge < -0.3 is 9.47 Å². The van der Waals surface area contributed by atoms with Crippen LogP contribution in [-0.4, -0.2) is 24.7 Å². The van der Waals surface area contributed by atoms with Crippen LogP contribution < -0.4 is 4.74 Å². The van der Waals surface area contributed by atoms with Crippen molar-refractivity contribution >= 4 is 17.6 Å². The molecule has 1 aromatic heterocycles. The van der Waals surface area contributed by atoms with Gasteiger partial charge in [0.1, 0.15) is 5.69 Å². The second kappa shape index (κ2) is 6.49. The van der Waals surface area contributed by atoms with Gasteiger partial charge in [0.2, 0.25) is 0 Å². The van der Waals surface area contributed by atoms with Gasteiger partial charge in [-0.05, 0) is 13.0 Å². The van der Waals surface area contributed by atoms with Gasteiger partial charge in [0.25, 0.3) is 6.43 Å². The van der Waals surface area contributed by atoms with Crippen molar-refractivity contribution in [2.45, 2.75) is 19.8 Å². The van der Waals surface area contributed by atoms with Crippen molar-refractivity contribution in [2.75, 3.05) is 13.7 Å². The lowest BCUT2D eigenvalue weighted by Gasteiger charge is -2.11. The number of esters is 1. The van der Waals surface area contributed by atoms with Gasteiger partial charge in [-0.1, -0.05) is 11.6 Å². The average Bonchev–Trinajstić information content (AvgIpc) is 2.28. The van der Waals surface area contributed by atoms with Crippen LogP contribution in [0.2, 0.25) is 5.02 Å². The lowest BCUT2D eigenvalue weighted by Crippen LogP contribution is -2.10. The van der Waals surface area contributed by atoms with Gasteiger partial charge in [0.15, 0.2) is 5.75 Å². The van der Waals surface area contributed by atoms with Crippen LogP contribution in [0, 0.1) is 0 Å². The molecule has 1 aromatic rings. The number of halogens is 3. The van der Waals surface area contributed by atoms with Gasteiger partial charge >= 0.3 is 5.97 Å². The maximum atomic E-state index is 12.7. The SMILES string of the molecule is CCOC(=O)Cc1cc(Cl)c(OC)c(C(F)F)n1. The summed E-state index contributed by atoms with van der Waals surface area (Å²) in [6.45, 7) is 1.86. The molecule has 1 rings (SSSR count). The molecule has 0 amide bonds. The van der Waals surface area contributed by atoms with E-state index in [9.17, 15) is 13.6 Å². The van der Waals surface area contributed by atoms with E-state index in [0.717, 1.165) is 0 Å². The first-order chi connectivity index (χ1) is 8.49. The number of methoxy groups -OCH3 is 1. The molecule has 0 aliphatic rings. The molecule has 0 N–H and O–H groups in total. The molecule has 0 saturated heterocycles. The first-order valence-electron chi connectivity index (χ1n) is 5.16. The monoisotopic (exact) mass is 279 g/mol. The molecule has 7 heteroatoms. The molecule has 0 spiro atoms. The fourth-order valence-corrected chi connectivity index (χ4v) is 1.67. The van der Waals surface area contributed by atoms with Crippen LogP contribution in [0.5, 0.6) is 5.75 Å². The standard InChI is InChI=1S/C11H12ClF2NO3/c1-3-18-8(16)5-6-4-7(12)10(17-2)9(15-6)11(13)14/h4,11H,3,5H2,1-2H3. The highest BCUT2D eigenvalue weighted by Gasteiger charge is 2.21. The number of hydrogen-bond donors (Lipinski definition) is 0. The summed E-state index contributed by atoms with van der Waals surface area (Å²) in [6, 6.07) is 1.31. The van der Waals surface area contributed by atoms with Crippen LogP contribution in [0.1, 0.15) is 24.7 Å². The molecule has 0 unspecified atom stereocenters. The largest absolute Gasteiger partial charge is 0.493 e. The highest BCUT2D eigenvalue weighted by molar-refractivity contribution is 6.32. The minimum absolute atomic E-state index is 0.0119. The Kier molecular flexibility index (Phi) is 5.27. The number of nitrogens with zero attached hydrogens (tertiary/aromatic N) is 1. The average molecular weight is 280 g/mol. The number of carbonyl (C=O) groups excluding carboxylic acids is 1. The lowest BCUT2D eigenvalue weighted by atomic mass is 10.2. The predicted octanol–water partition coefficient (Wildman–Crippen LogP) is 2.79. The van der Waals surface area contributed by atoms with Crippen LogP contribution in [0.15, 0.2) is 6.07 Å². The quantitative estimate of drug-likeness (QED) is 0.778. The summed E-state index contributed by atoms with van der Waals surface area (Å²) in [5, 5.41) is -0.0119. The van der Waals surface area contributed by atoms with Gasteiger partial charge in [-0.2, -0.15) is 0 Å². The maximum absolute atomic E-state index is 12.7. The minimum Gasteiger partial charge on any atom is -0.493 e. The highest BCUT2D eigenvalue weighted by atomic mass is 35.5. The van der Waals surface area contributed by atoms with Gasteiger partial charge in [0, 0.05) is 0 Å². The summed E-state index contributed by atoms with van der Waals surface area (Å²) in [5.41, 5.74) is -0.459. The molecule has 0 aliphatic heterocycles. The van der Waals surface area contributed by atoms with E-state index in [-0.39, 0.29) is 29.5 Å². The fourth-order valence-electron chi connectivity index (χ4n) is 1.37. The van der Waals surface area contributed by atoms with E-state index < -0.39 is 18.1 Å². The molecule has 0 radical (unpaired) electrons. The molecule has 0 bridgehead atoms. The zero-order valence-corrected chi connectivity index (χ0v) is 10.6. The Bertz CT molecular complexity index is 441. The van der Waals surface area contributed by atoms with Crippen molar-refractivity contribution < 1.29 is 23.0 Å². The number of ether oxygens (including phenoxy) is 2. The van der Waals surface area contributed by atoms with E-state index in [1.165, 1.54) is 13.2 Å². The number of hydrogen-bond acceptors (Lipinski definition) is 4. The Hall–Kier alpha value is -1.43. The Morgan fingerprint density at radius 2 is 2.22 bits per heavy atom. The summed E-state index contributed by atoms with van der Waals surface area (Å²) in [5.74, 6) is -0.731. The topological polar surface area (TPSA) is 48.4 Å². The van der Waals surface area contributed by atoms with E-state index in [1.807, 2.05) is 0 Å². The second-order valence-electron chi connectivity index (χ2n) is 3.30. The zero-order valence-electron chi connectivity index (χ0n) is 9.87. The summed E-state index contributed by atoms with van der Waals surface area (Å²) >= 11 is 5.79. The van der Waals surface area contributed by atoms with Crippen LogP contribution >= 0.6 is 11.6 Å². The first-order valence-corrected chi connectivity index (χ1v) is 5.54. The predicted molar refractivity (Wildman–Crippen MR) is 61.1 cm³/mol. The van der Waals surface area contributed by atoms with Crippen LogP contribution in [-0.2, 0) is 16.0 Å². The van der Waals surface area contributed by atoms with Gasteiger partial charge in [-0.15, -0.1) is 0 Å². The smallest absolute Gasteiger partial charge is 0.311 e. The van der Waals surface area contributed by atoms with Gasteiger partial charge in [-0.3, -0.25) is 4.79 Å². The van der Waals surface area contributed by atoms with Crippen molar-refractivity contribution in [1.82, 2.24) is 4.98 Å². The number of pyridine rings is 1. The third-order valence-corrected chi connectivity index (χ3v) is 2.33. The van der Waals surface area contributed by atoms with Crippen LogP contribution in [0.4, 0.5) is 8.78 Å².